The highest BCUT2D eigenvalue weighted by molar-refractivity contribution is 5.70. The van der Waals surface area contributed by atoms with E-state index in [1.165, 1.54) is 11.1 Å². The number of allylic oxidation sites excluding steroid dienone is 1. The number of nitrogens with zero attached hydrogens (tertiary/aromatic N) is 3. The van der Waals surface area contributed by atoms with Crippen molar-refractivity contribution in [3.63, 3.8) is 0 Å². The number of hydrogen-bond acceptors (Lipinski definition) is 3. The SMILES string of the molecule is C=C1CCC(C(O)CC2c3ccccc3C(=C)N2/N=N\C)CC1. The first-order chi connectivity index (χ1) is 11.1. The largest absolute Gasteiger partial charge is 0.393 e. The zero-order valence-corrected chi connectivity index (χ0v) is 13.8. The van der Waals surface area contributed by atoms with Gasteiger partial charge in [-0.05, 0) is 37.2 Å². The Morgan fingerprint density at radius 3 is 2.65 bits per heavy atom. The molecule has 3 rings (SSSR count). The molecule has 4 heteroatoms. The number of hydrogen-bond donors (Lipinski definition) is 1. The number of benzene rings is 1. The van der Waals surface area contributed by atoms with Crippen LogP contribution in [0, 0.1) is 5.92 Å². The van der Waals surface area contributed by atoms with Crippen LogP contribution >= 0.6 is 0 Å². The maximum absolute atomic E-state index is 10.8. The molecule has 0 aromatic heterocycles. The normalized spacial score (nSPS) is 23.6. The van der Waals surface area contributed by atoms with Gasteiger partial charge in [0.15, 0.2) is 0 Å². The Kier molecular flexibility index (Phi) is 4.62. The average Bonchev–Trinajstić information content (AvgIpc) is 2.82. The first-order valence-corrected chi connectivity index (χ1v) is 8.33. The van der Waals surface area contributed by atoms with E-state index in [1.807, 2.05) is 17.1 Å². The van der Waals surface area contributed by atoms with Gasteiger partial charge in [-0.1, -0.05) is 48.2 Å². The lowest BCUT2D eigenvalue weighted by atomic mass is 9.81. The third kappa shape index (κ3) is 3.08. The van der Waals surface area contributed by atoms with Gasteiger partial charge in [-0.3, -0.25) is 0 Å². The molecule has 0 spiro atoms. The summed E-state index contributed by atoms with van der Waals surface area (Å²) in [5.41, 5.74) is 4.47. The molecular weight excluding hydrogens is 286 g/mol. The molecule has 2 aliphatic rings. The fraction of sp³-hybridized carbons (Fsp3) is 0.474. The van der Waals surface area contributed by atoms with Crippen LogP contribution in [0.3, 0.4) is 0 Å². The Bertz CT molecular complexity index is 627. The van der Waals surface area contributed by atoms with Gasteiger partial charge in [-0.15, -0.1) is 0 Å². The second-order valence-corrected chi connectivity index (χ2v) is 6.57. The van der Waals surface area contributed by atoms with E-state index in [-0.39, 0.29) is 12.1 Å². The molecule has 122 valence electrons. The first-order valence-electron chi connectivity index (χ1n) is 8.33. The zero-order chi connectivity index (χ0) is 16.4. The molecule has 1 aromatic rings. The van der Waals surface area contributed by atoms with Crippen molar-refractivity contribution < 1.29 is 5.11 Å². The van der Waals surface area contributed by atoms with Crippen LogP contribution in [0.5, 0.6) is 0 Å². The summed E-state index contributed by atoms with van der Waals surface area (Å²) in [6.45, 7) is 8.21. The van der Waals surface area contributed by atoms with Crippen LogP contribution in [0.15, 0.2) is 53.3 Å². The van der Waals surface area contributed by atoms with E-state index >= 15 is 0 Å². The Morgan fingerprint density at radius 2 is 1.96 bits per heavy atom. The molecular formula is C19H25N3O. The molecule has 2 unspecified atom stereocenters. The highest BCUT2D eigenvalue weighted by Gasteiger charge is 2.36. The summed E-state index contributed by atoms with van der Waals surface area (Å²) in [6, 6.07) is 8.22. The number of aliphatic hydroxyl groups is 1. The predicted octanol–water partition coefficient (Wildman–Crippen LogP) is 4.51. The van der Waals surface area contributed by atoms with Gasteiger partial charge < -0.3 is 5.11 Å². The van der Waals surface area contributed by atoms with E-state index in [4.69, 9.17) is 0 Å². The van der Waals surface area contributed by atoms with Crippen molar-refractivity contribution >= 4 is 5.70 Å². The third-order valence-electron chi connectivity index (χ3n) is 5.13. The molecule has 1 fully saturated rings. The minimum Gasteiger partial charge on any atom is -0.393 e. The number of rotatable bonds is 4. The Labute approximate surface area is 138 Å². The summed E-state index contributed by atoms with van der Waals surface area (Å²) in [7, 11) is 1.66. The van der Waals surface area contributed by atoms with Crippen molar-refractivity contribution in [2.24, 2.45) is 16.3 Å². The lowest BCUT2D eigenvalue weighted by Crippen LogP contribution is -2.28. The summed E-state index contributed by atoms with van der Waals surface area (Å²) in [5, 5.41) is 20.8. The summed E-state index contributed by atoms with van der Waals surface area (Å²) in [6.07, 6.45) is 4.46. The molecule has 1 aliphatic carbocycles. The van der Waals surface area contributed by atoms with Crippen LogP contribution in [0.1, 0.15) is 49.3 Å². The Hall–Kier alpha value is -1.94. The summed E-state index contributed by atoms with van der Waals surface area (Å²) in [4.78, 5) is 0. The van der Waals surface area contributed by atoms with Gasteiger partial charge in [-0.2, -0.15) is 5.11 Å². The average molecular weight is 311 g/mol. The van der Waals surface area contributed by atoms with E-state index in [2.05, 4.69) is 35.6 Å². The van der Waals surface area contributed by atoms with E-state index in [0.29, 0.717) is 12.3 Å². The van der Waals surface area contributed by atoms with E-state index in [1.54, 1.807) is 7.05 Å². The predicted molar refractivity (Wildman–Crippen MR) is 92.6 cm³/mol. The maximum atomic E-state index is 10.8. The van der Waals surface area contributed by atoms with Crippen LogP contribution in [0.4, 0.5) is 0 Å². The van der Waals surface area contributed by atoms with E-state index in [9.17, 15) is 5.11 Å². The van der Waals surface area contributed by atoms with Crippen molar-refractivity contribution in [1.29, 1.82) is 0 Å². The minimum atomic E-state index is -0.332. The molecule has 1 N–H and O–H groups in total. The highest BCUT2D eigenvalue weighted by Crippen LogP contribution is 2.44. The second-order valence-electron chi connectivity index (χ2n) is 6.57. The fourth-order valence-electron chi connectivity index (χ4n) is 3.79. The van der Waals surface area contributed by atoms with Crippen molar-refractivity contribution in [3.05, 3.63) is 54.1 Å². The van der Waals surface area contributed by atoms with Crippen LogP contribution in [-0.4, -0.2) is 23.3 Å². The summed E-state index contributed by atoms with van der Waals surface area (Å²) in [5.74, 6) is 0.349. The van der Waals surface area contributed by atoms with Crippen LogP contribution in [0.25, 0.3) is 5.70 Å². The number of fused-ring (bicyclic) bond motifs is 1. The van der Waals surface area contributed by atoms with Crippen LogP contribution < -0.4 is 0 Å². The van der Waals surface area contributed by atoms with Gasteiger partial charge in [0, 0.05) is 12.0 Å². The number of aliphatic hydroxyl groups excluding tert-OH is 1. The molecule has 0 saturated heterocycles. The van der Waals surface area contributed by atoms with Crippen molar-refractivity contribution in [3.8, 4) is 0 Å². The van der Waals surface area contributed by atoms with Crippen LogP contribution in [0.2, 0.25) is 0 Å². The van der Waals surface area contributed by atoms with Gasteiger partial charge in [0.05, 0.1) is 24.9 Å². The second kappa shape index (κ2) is 6.67. The molecule has 1 aromatic carbocycles. The van der Waals surface area contributed by atoms with E-state index in [0.717, 1.165) is 36.9 Å². The standard InChI is InChI=1S/C19H25N3O/c1-13-8-10-15(11-9-13)19(23)12-18-17-7-5-4-6-16(17)14(2)22(18)21-20-3/h4-7,15,18-19,23H,1-2,8-12H2,3H3/b21-20-. The smallest absolute Gasteiger partial charge is 0.0823 e. The molecule has 0 radical (unpaired) electrons. The third-order valence-corrected chi connectivity index (χ3v) is 5.13. The monoisotopic (exact) mass is 311 g/mol. The van der Waals surface area contributed by atoms with Crippen molar-refractivity contribution in [2.45, 2.75) is 44.2 Å². The van der Waals surface area contributed by atoms with Gasteiger partial charge in [0.2, 0.25) is 0 Å². The molecule has 0 bridgehead atoms. The van der Waals surface area contributed by atoms with Crippen molar-refractivity contribution in [1.82, 2.24) is 5.01 Å². The molecule has 1 aliphatic heterocycles. The Morgan fingerprint density at radius 1 is 1.26 bits per heavy atom. The van der Waals surface area contributed by atoms with Gasteiger partial charge >= 0.3 is 0 Å². The quantitative estimate of drug-likeness (QED) is 0.657. The van der Waals surface area contributed by atoms with Gasteiger partial charge in [-0.25, -0.2) is 5.01 Å². The lowest BCUT2D eigenvalue weighted by Gasteiger charge is -2.31. The highest BCUT2D eigenvalue weighted by atomic mass is 16.3. The molecule has 0 amide bonds. The molecule has 1 heterocycles. The lowest BCUT2D eigenvalue weighted by molar-refractivity contribution is 0.0612. The minimum absolute atomic E-state index is 0.0162. The zero-order valence-electron chi connectivity index (χ0n) is 13.8. The fourth-order valence-corrected chi connectivity index (χ4v) is 3.79. The molecule has 4 nitrogen and oxygen atoms in total. The molecule has 23 heavy (non-hydrogen) atoms. The summed E-state index contributed by atoms with van der Waals surface area (Å²) >= 11 is 0. The first kappa shape index (κ1) is 15.9. The topological polar surface area (TPSA) is 48.2 Å². The molecule has 1 saturated carbocycles. The summed E-state index contributed by atoms with van der Waals surface area (Å²) < 4.78 is 0. The van der Waals surface area contributed by atoms with E-state index < -0.39 is 0 Å². The Balaban J connectivity index is 1.79. The maximum Gasteiger partial charge on any atom is 0.0823 e. The van der Waals surface area contributed by atoms with Gasteiger partial charge in [0.1, 0.15) is 0 Å². The molecule has 2 atom stereocenters. The van der Waals surface area contributed by atoms with Crippen molar-refractivity contribution in [2.75, 3.05) is 7.05 Å². The van der Waals surface area contributed by atoms with Crippen LogP contribution in [-0.2, 0) is 0 Å². The van der Waals surface area contributed by atoms with Gasteiger partial charge in [0.25, 0.3) is 0 Å².